The topological polar surface area (TPSA) is 49.6 Å². The number of benzene rings is 2. The van der Waals surface area contributed by atoms with E-state index >= 15 is 0 Å². The first-order valence-corrected chi connectivity index (χ1v) is 9.36. The molecular formula is C22H23N3O2. The third-order valence-corrected chi connectivity index (χ3v) is 4.85. The second-order valence-electron chi connectivity index (χ2n) is 6.80. The van der Waals surface area contributed by atoms with E-state index in [1.165, 1.54) is 0 Å². The fourth-order valence-corrected chi connectivity index (χ4v) is 3.42. The maximum Gasteiger partial charge on any atom is 0.253 e. The van der Waals surface area contributed by atoms with Gasteiger partial charge in [-0.1, -0.05) is 36.4 Å². The van der Waals surface area contributed by atoms with Crippen LogP contribution in [0.3, 0.4) is 0 Å². The average molecular weight is 361 g/mol. The molecule has 0 bridgehead atoms. The van der Waals surface area contributed by atoms with E-state index < -0.39 is 0 Å². The molecule has 5 heteroatoms. The number of amides is 1. The highest BCUT2D eigenvalue weighted by Crippen LogP contribution is 2.19. The molecule has 0 spiro atoms. The molecule has 1 amide bonds. The number of oxazole rings is 1. The van der Waals surface area contributed by atoms with E-state index in [0.29, 0.717) is 5.89 Å². The summed E-state index contributed by atoms with van der Waals surface area (Å²) in [6.45, 7) is 4.05. The Morgan fingerprint density at radius 2 is 1.67 bits per heavy atom. The summed E-state index contributed by atoms with van der Waals surface area (Å²) in [4.78, 5) is 21.6. The molecule has 0 aliphatic carbocycles. The van der Waals surface area contributed by atoms with Crippen molar-refractivity contribution in [1.29, 1.82) is 0 Å². The molecule has 1 saturated heterocycles. The third-order valence-electron chi connectivity index (χ3n) is 4.85. The minimum atomic E-state index is 0.116. The van der Waals surface area contributed by atoms with E-state index in [9.17, 15) is 4.79 Å². The van der Waals surface area contributed by atoms with Gasteiger partial charge in [-0.25, -0.2) is 4.98 Å². The first-order chi connectivity index (χ1) is 13.3. The number of carbonyl (C=O) groups is 1. The number of carbonyl (C=O) groups excluding carboxylic acids is 1. The normalized spacial score (nSPS) is 15.5. The van der Waals surface area contributed by atoms with E-state index in [-0.39, 0.29) is 5.91 Å². The smallest absolute Gasteiger partial charge is 0.253 e. The van der Waals surface area contributed by atoms with Gasteiger partial charge in [0.1, 0.15) is 6.26 Å². The zero-order chi connectivity index (χ0) is 18.5. The predicted molar refractivity (Wildman–Crippen MR) is 104 cm³/mol. The quantitative estimate of drug-likeness (QED) is 0.711. The second-order valence-corrected chi connectivity index (χ2v) is 6.80. The molecule has 0 radical (unpaired) electrons. The Hall–Kier alpha value is -2.92. The van der Waals surface area contributed by atoms with Gasteiger partial charge in [0.25, 0.3) is 5.91 Å². The Bertz CT molecular complexity index is 877. The molecule has 2 aromatic carbocycles. The molecule has 1 aliphatic rings. The number of hydrogen-bond donors (Lipinski definition) is 0. The molecule has 5 nitrogen and oxygen atoms in total. The Morgan fingerprint density at radius 3 is 2.44 bits per heavy atom. The van der Waals surface area contributed by atoms with Crippen molar-refractivity contribution in [1.82, 2.24) is 14.8 Å². The fourth-order valence-electron chi connectivity index (χ4n) is 3.42. The lowest BCUT2D eigenvalue weighted by Gasteiger charge is -2.21. The highest BCUT2D eigenvalue weighted by Gasteiger charge is 2.21. The molecule has 0 N–H and O–H groups in total. The Balaban J connectivity index is 1.36. The van der Waals surface area contributed by atoms with E-state index in [0.717, 1.165) is 56.0 Å². The SMILES string of the molecule is O=C(c1ccccc1)N1CCCN(Cc2coc(-c3ccccc3)n2)CC1. The minimum Gasteiger partial charge on any atom is -0.444 e. The van der Waals surface area contributed by atoms with Gasteiger partial charge in [0.2, 0.25) is 5.89 Å². The molecule has 2 heterocycles. The maximum absolute atomic E-state index is 12.7. The van der Waals surface area contributed by atoms with Crippen LogP contribution in [0.1, 0.15) is 22.5 Å². The van der Waals surface area contributed by atoms with Crippen LogP contribution in [0.15, 0.2) is 71.3 Å². The van der Waals surface area contributed by atoms with Crippen molar-refractivity contribution in [2.45, 2.75) is 13.0 Å². The van der Waals surface area contributed by atoms with Crippen molar-refractivity contribution in [3.05, 3.63) is 78.2 Å². The lowest BCUT2D eigenvalue weighted by Crippen LogP contribution is -2.35. The van der Waals surface area contributed by atoms with Crippen molar-refractivity contribution < 1.29 is 9.21 Å². The summed E-state index contributed by atoms with van der Waals surface area (Å²) < 4.78 is 5.64. The Morgan fingerprint density at radius 1 is 0.926 bits per heavy atom. The Kier molecular flexibility index (Phi) is 5.30. The standard InChI is InChI=1S/C22H23N3O2/c26-22(19-10-5-2-6-11-19)25-13-7-12-24(14-15-25)16-20-17-27-21(23-20)18-8-3-1-4-9-18/h1-6,8-11,17H,7,12-16H2. The van der Waals surface area contributed by atoms with Gasteiger partial charge in [0.15, 0.2) is 0 Å². The summed E-state index contributed by atoms with van der Waals surface area (Å²) in [7, 11) is 0. The molecule has 0 atom stereocenters. The molecule has 27 heavy (non-hydrogen) atoms. The molecule has 3 aromatic rings. The Labute approximate surface area is 159 Å². The van der Waals surface area contributed by atoms with E-state index in [1.54, 1.807) is 6.26 Å². The third kappa shape index (κ3) is 4.26. The number of nitrogens with zero attached hydrogens (tertiary/aromatic N) is 3. The summed E-state index contributed by atoms with van der Waals surface area (Å²) in [5.74, 6) is 0.770. The predicted octanol–water partition coefficient (Wildman–Crippen LogP) is 3.69. The monoisotopic (exact) mass is 361 g/mol. The van der Waals surface area contributed by atoms with E-state index in [4.69, 9.17) is 4.42 Å². The van der Waals surface area contributed by atoms with Gasteiger partial charge >= 0.3 is 0 Å². The van der Waals surface area contributed by atoms with Crippen LogP contribution < -0.4 is 0 Å². The van der Waals surface area contributed by atoms with Crippen LogP contribution in [0.2, 0.25) is 0 Å². The van der Waals surface area contributed by atoms with E-state index in [1.807, 2.05) is 65.6 Å². The van der Waals surface area contributed by atoms with Crippen LogP contribution in [0.25, 0.3) is 11.5 Å². The summed E-state index contributed by atoms with van der Waals surface area (Å²) in [5.41, 5.74) is 2.67. The molecule has 0 saturated carbocycles. The molecule has 1 fully saturated rings. The van der Waals surface area contributed by atoms with Crippen LogP contribution in [-0.4, -0.2) is 46.9 Å². The molecule has 1 aliphatic heterocycles. The lowest BCUT2D eigenvalue weighted by atomic mass is 10.2. The van der Waals surface area contributed by atoms with Crippen LogP contribution in [0, 0.1) is 0 Å². The van der Waals surface area contributed by atoms with Crippen LogP contribution >= 0.6 is 0 Å². The van der Waals surface area contributed by atoms with Crippen molar-refractivity contribution in [3.63, 3.8) is 0 Å². The molecular weight excluding hydrogens is 338 g/mol. The van der Waals surface area contributed by atoms with Gasteiger partial charge in [-0.2, -0.15) is 0 Å². The van der Waals surface area contributed by atoms with Crippen molar-refractivity contribution >= 4 is 5.91 Å². The summed E-state index contributed by atoms with van der Waals surface area (Å²) in [6.07, 6.45) is 2.70. The van der Waals surface area contributed by atoms with Gasteiger partial charge in [0.05, 0.1) is 5.69 Å². The van der Waals surface area contributed by atoms with Crippen molar-refractivity contribution in [2.24, 2.45) is 0 Å². The summed E-state index contributed by atoms with van der Waals surface area (Å²) in [6, 6.07) is 19.4. The largest absolute Gasteiger partial charge is 0.444 e. The van der Waals surface area contributed by atoms with Gasteiger partial charge in [-0.15, -0.1) is 0 Å². The van der Waals surface area contributed by atoms with E-state index in [2.05, 4.69) is 9.88 Å². The lowest BCUT2D eigenvalue weighted by molar-refractivity contribution is 0.0761. The summed E-state index contributed by atoms with van der Waals surface area (Å²) in [5, 5.41) is 0. The molecule has 4 rings (SSSR count). The molecule has 138 valence electrons. The van der Waals surface area contributed by atoms with Crippen molar-refractivity contribution in [2.75, 3.05) is 26.2 Å². The zero-order valence-corrected chi connectivity index (χ0v) is 15.3. The van der Waals surface area contributed by atoms with Gasteiger partial charge in [-0.05, 0) is 30.7 Å². The first-order valence-electron chi connectivity index (χ1n) is 9.36. The number of hydrogen-bond acceptors (Lipinski definition) is 4. The van der Waals surface area contributed by atoms with Gasteiger partial charge < -0.3 is 9.32 Å². The second kappa shape index (κ2) is 8.18. The number of aromatic nitrogens is 1. The summed E-state index contributed by atoms with van der Waals surface area (Å²) >= 11 is 0. The van der Waals surface area contributed by atoms with Crippen LogP contribution in [0.4, 0.5) is 0 Å². The van der Waals surface area contributed by atoms with Gasteiger partial charge in [0, 0.05) is 43.9 Å². The first kappa shape index (κ1) is 17.5. The van der Waals surface area contributed by atoms with Crippen molar-refractivity contribution in [3.8, 4) is 11.5 Å². The minimum absolute atomic E-state index is 0.116. The van der Waals surface area contributed by atoms with Gasteiger partial charge in [-0.3, -0.25) is 9.69 Å². The maximum atomic E-state index is 12.7. The van der Waals surface area contributed by atoms with Crippen LogP contribution in [-0.2, 0) is 6.54 Å². The highest BCUT2D eigenvalue weighted by atomic mass is 16.3. The zero-order valence-electron chi connectivity index (χ0n) is 15.3. The fraction of sp³-hybridized carbons (Fsp3) is 0.273. The molecule has 1 aromatic heterocycles. The average Bonchev–Trinajstić information content (AvgIpc) is 3.07. The highest BCUT2D eigenvalue weighted by molar-refractivity contribution is 5.94. The molecule has 0 unspecified atom stereocenters. The van der Waals surface area contributed by atoms with Crippen LogP contribution in [0.5, 0.6) is 0 Å². The number of rotatable bonds is 4.